The highest BCUT2D eigenvalue weighted by Gasteiger charge is 2.61. The van der Waals surface area contributed by atoms with Gasteiger partial charge in [0.15, 0.2) is 11.5 Å². The van der Waals surface area contributed by atoms with Crippen LogP contribution in [0, 0.1) is 0 Å². The molecule has 0 aliphatic carbocycles. The second kappa shape index (κ2) is 8.98. The molecule has 0 saturated carbocycles. The number of ether oxygens (including phenoxy) is 4. The fourth-order valence-electron chi connectivity index (χ4n) is 4.38. The van der Waals surface area contributed by atoms with Crippen molar-refractivity contribution in [2.75, 3.05) is 12.1 Å². The summed E-state index contributed by atoms with van der Waals surface area (Å²) in [6, 6.07) is 7.06. The smallest absolute Gasteiger partial charge is 0.416 e. The molecule has 1 atom stereocenters. The lowest BCUT2D eigenvalue weighted by Gasteiger charge is -2.33. The van der Waals surface area contributed by atoms with E-state index in [-0.39, 0.29) is 24.5 Å². The quantitative estimate of drug-likeness (QED) is 0.465. The van der Waals surface area contributed by atoms with Crippen LogP contribution in [0.1, 0.15) is 44.4 Å². The van der Waals surface area contributed by atoms with Crippen LogP contribution >= 0.6 is 0 Å². The summed E-state index contributed by atoms with van der Waals surface area (Å²) in [6.45, 7) is 6.58. The van der Waals surface area contributed by atoms with E-state index in [0.717, 1.165) is 18.2 Å². The van der Waals surface area contributed by atoms with Gasteiger partial charge < -0.3 is 24.3 Å². The predicted octanol–water partition coefficient (Wildman–Crippen LogP) is 4.61. The Morgan fingerprint density at radius 2 is 1.63 bits per heavy atom. The van der Waals surface area contributed by atoms with Crippen molar-refractivity contribution in [2.24, 2.45) is 0 Å². The third-order valence-corrected chi connectivity index (χ3v) is 5.83. The van der Waals surface area contributed by atoms with Crippen molar-refractivity contribution in [3.8, 4) is 11.5 Å². The molecule has 0 radical (unpaired) electrons. The molecule has 2 heterocycles. The third kappa shape index (κ3) is 4.49. The van der Waals surface area contributed by atoms with Crippen LogP contribution < -0.4 is 14.8 Å². The number of hydrogen-bond donors (Lipinski definition) is 1. The van der Waals surface area contributed by atoms with Gasteiger partial charge in [-0.2, -0.15) is 13.2 Å². The van der Waals surface area contributed by atoms with Gasteiger partial charge in [-0.25, -0.2) is 0 Å². The fourth-order valence-corrected chi connectivity index (χ4v) is 4.38. The number of carbonyl (C=O) groups is 2. The number of halogens is 3. The molecule has 7 nitrogen and oxygen atoms in total. The highest BCUT2D eigenvalue weighted by atomic mass is 19.4. The standard InChI is InChI=1S/C25H26F3NO6/c1-13(2)34-22(30)24(23(31)35-14(3)4)17-7-6-16(25(26,27)28)11-18(17)29-21(24)10-15-5-8-19-20(9-15)33-12-32-19/h5-9,11,13-14,21,29H,10,12H2,1-4H3/t21-/m1/s1. The molecule has 2 aliphatic rings. The van der Waals surface area contributed by atoms with E-state index in [1.165, 1.54) is 0 Å². The molecule has 0 fully saturated rings. The van der Waals surface area contributed by atoms with Crippen molar-refractivity contribution in [1.29, 1.82) is 0 Å². The third-order valence-electron chi connectivity index (χ3n) is 5.83. The second-order valence-electron chi connectivity index (χ2n) is 9.06. The molecule has 0 unspecified atom stereocenters. The molecular weight excluding hydrogens is 467 g/mol. The van der Waals surface area contributed by atoms with E-state index >= 15 is 0 Å². The summed E-state index contributed by atoms with van der Waals surface area (Å²) >= 11 is 0. The number of carbonyl (C=O) groups excluding carboxylic acids is 2. The van der Waals surface area contributed by atoms with E-state index in [4.69, 9.17) is 18.9 Å². The van der Waals surface area contributed by atoms with Gasteiger partial charge in [-0.3, -0.25) is 9.59 Å². The van der Waals surface area contributed by atoms with Gasteiger partial charge in [0.2, 0.25) is 12.2 Å². The summed E-state index contributed by atoms with van der Waals surface area (Å²) < 4.78 is 62.1. The van der Waals surface area contributed by atoms with Gasteiger partial charge in [-0.1, -0.05) is 12.1 Å². The Morgan fingerprint density at radius 3 is 2.23 bits per heavy atom. The van der Waals surface area contributed by atoms with Crippen molar-refractivity contribution in [3.63, 3.8) is 0 Å². The SMILES string of the molecule is CC(C)OC(=O)C1(C(=O)OC(C)C)c2ccc(C(F)(F)F)cc2N[C@@H]1Cc1ccc2c(c1)OCO2. The number of nitrogens with one attached hydrogen (secondary N) is 1. The molecule has 2 aliphatic heterocycles. The summed E-state index contributed by atoms with van der Waals surface area (Å²) in [5, 5.41) is 2.99. The monoisotopic (exact) mass is 493 g/mol. The number of rotatable bonds is 6. The van der Waals surface area contributed by atoms with Crippen LogP contribution in [0.5, 0.6) is 11.5 Å². The Hall–Kier alpha value is -3.43. The first-order valence-corrected chi connectivity index (χ1v) is 11.2. The molecule has 0 amide bonds. The van der Waals surface area contributed by atoms with Crippen LogP contribution in [0.25, 0.3) is 0 Å². The molecule has 10 heteroatoms. The van der Waals surface area contributed by atoms with Gasteiger partial charge >= 0.3 is 18.1 Å². The highest BCUT2D eigenvalue weighted by Crippen LogP contribution is 2.47. The van der Waals surface area contributed by atoms with E-state index in [2.05, 4.69) is 5.32 Å². The van der Waals surface area contributed by atoms with Crippen LogP contribution in [-0.2, 0) is 37.1 Å². The van der Waals surface area contributed by atoms with Crippen LogP contribution in [0.4, 0.5) is 18.9 Å². The maximum atomic E-state index is 13.6. The van der Waals surface area contributed by atoms with Crippen LogP contribution in [0.15, 0.2) is 36.4 Å². The summed E-state index contributed by atoms with van der Waals surface area (Å²) in [5.74, 6) is -0.738. The second-order valence-corrected chi connectivity index (χ2v) is 9.06. The molecule has 1 N–H and O–H groups in total. The van der Waals surface area contributed by atoms with Crippen molar-refractivity contribution >= 4 is 17.6 Å². The first-order chi connectivity index (χ1) is 16.4. The molecule has 188 valence electrons. The highest BCUT2D eigenvalue weighted by molar-refractivity contribution is 6.11. The van der Waals surface area contributed by atoms with E-state index in [1.54, 1.807) is 45.9 Å². The van der Waals surface area contributed by atoms with E-state index < -0.39 is 47.3 Å². The molecule has 4 rings (SSSR count). The van der Waals surface area contributed by atoms with Crippen molar-refractivity contribution in [2.45, 2.75) is 64.0 Å². The molecule has 0 spiro atoms. The predicted molar refractivity (Wildman–Crippen MR) is 119 cm³/mol. The first kappa shape index (κ1) is 24.7. The minimum Gasteiger partial charge on any atom is -0.462 e. The lowest BCUT2D eigenvalue weighted by Crippen LogP contribution is -2.55. The maximum Gasteiger partial charge on any atom is 0.416 e. The average Bonchev–Trinajstić information content (AvgIpc) is 3.33. The first-order valence-electron chi connectivity index (χ1n) is 11.2. The number of alkyl halides is 3. The normalized spacial score (nSPS) is 17.8. The lowest BCUT2D eigenvalue weighted by atomic mass is 9.74. The minimum atomic E-state index is -4.61. The molecule has 0 aromatic heterocycles. The van der Waals surface area contributed by atoms with E-state index in [9.17, 15) is 22.8 Å². The van der Waals surface area contributed by atoms with E-state index in [0.29, 0.717) is 17.1 Å². The lowest BCUT2D eigenvalue weighted by molar-refractivity contribution is -0.170. The zero-order valence-electron chi connectivity index (χ0n) is 19.7. The summed E-state index contributed by atoms with van der Waals surface area (Å²) in [5.41, 5.74) is -2.16. The number of esters is 2. The zero-order chi connectivity index (χ0) is 25.5. The van der Waals surface area contributed by atoms with Gasteiger partial charge in [-0.15, -0.1) is 0 Å². The molecule has 35 heavy (non-hydrogen) atoms. The van der Waals surface area contributed by atoms with Crippen LogP contribution in [0.3, 0.4) is 0 Å². The summed E-state index contributed by atoms with van der Waals surface area (Å²) in [7, 11) is 0. The zero-order valence-corrected chi connectivity index (χ0v) is 19.7. The number of fused-ring (bicyclic) bond motifs is 2. The Balaban J connectivity index is 1.85. The molecular formula is C25H26F3NO6. The van der Waals surface area contributed by atoms with Gasteiger partial charge in [0.25, 0.3) is 0 Å². The minimum absolute atomic E-state index is 0.0204. The average molecular weight is 493 g/mol. The van der Waals surface area contributed by atoms with Gasteiger partial charge in [0, 0.05) is 11.3 Å². The summed E-state index contributed by atoms with van der Waals surface area (Å²) in [4.78, 5) is 27.2. The van der Waals surface area contributed by atoms with Gasteiger partial charge in [0.05, 0.1) is 23.8 Å². The van der Waals surface area contributed by atoms with Crippen LogP contribution in [-0.4, -0.2) is 37.0 Å². The topological polar surface area (TPSA) is 83.1 Å². The number of hydrogen-bond acceptors (Lipinski definition) is 7. The molecule has 2 aromatic rings. The van der Waals surface area contributed by atoms with Crippen molar-refractivity contribution < 1.29 is 41.7 Å². The Bertz CT molecular complexity index is 1120. The number of benzene rings is 2. The Labute approximate surface area is 200 Å². The Morgan fingerprint density at radius 1 is 1.00 bits per heavy atom. The van der Waals surface area contributed by atoms with Crippen molar-refractivity contribution in [1.82, 2.24) is 0 Å². The van der Waals surface area contributed by atoms with Crippen molar-refractivity contribution in [3.05, 3.63) is 53.1 Å². The maximum absolute atomic E-state index is 13.6. The Kier molecular flexibility index (Phi) is 6.33. The van der Waals surface area contributed by atoms with Crippen LogP contribution in [0.2, 0.25) is 0 Å². The number of anilines is 1. The molecule has 0 bridgehead atoms. The molecule has 2 aromatic carbocycles. The largest absolute Gasteiger partial charge is 0.462 e. The fraction of sp³-hybridized carbons (Fsp3) is 0.440. The van der Waals surface area contributed by atoms with E-state index in [1.807, 2.05) is 0 Å². The molecule has 0 saturated heterocycles. The van der Waals surface area contributed by atoms with Gasteiger partial charge in [-0.05, 0) is 63.9 Å². The van der Waals surface area contributed by atoms with Gasteiger partial charge in [0.1, 0.15) is 0 Å². The summed E-state index contributed by atoms with van der Waals surface area (Å²) in [6.07, 6.45) is -5.66.